The molecule has 0 aliphatic rings. The molecule has 1 aromatic carbocycles. The summed E-state index contributed by atoms with van der Waals surface area (Å²) in [5, 5.41) is 4.36. The number of hydrogen-bond acceptors (Lipinski definition) is 3. The first-order valence-electron chi connectivity index (χ1n) is 6.63. The van der Waals surface area contributed by atoms with E-state index in [4.69, 9.17) is 27.9 Å². The van der Waals surface area contributed by atoms with E-state index in [0.29, 0.717) is 10.0 Å². The molecule has 3 nitrogen and oxygen atoms in total. The van der Waals surface area contributed by atoms with Crippen molar-refractivity contribution in [3.8, 4) is 0 Å². The molecule has 1 rings (SSSR count). The molecule has 0 radical (unpaired) electrons. The molecule has 0 saturated carbocycles. The summed E-state index contributed by atoms with van der Waals surface area (Å²) in [5.41, 5.74) is 0.459. The number of carbonyl (C=O) groups is 1. The van der Waals surface area contributed by atoms with Gasteiger partial charge in [0.05, 0.1) is 6.54 Å². The quantitative estimate of drug-likeness (QED) is 0.819. The number of nitrogens with one attached hydrogen (secondary N) is 1. The van der Waals surface area contributed by atoms with Crippen LogP contribution in [0.1, 0.15) is 45.7 Å². The van der Waals surface area contributed by atoms with E-state index in [1.54, 1.807) is 12.1 Å². The molecule has 112 valence electrons. The number of esters is 1. The van der Waals surface area contributed by atoms with Crippen molar-refractivity contribution in [2.45, 2.75) is 45.8 Å². The average Bonchev–Trinajstić information content (AvgIpc) is 2.29. The number of halogens is 2. The van der Waals surface area contributed by atoms with Gasteiger partial charge in [0, 0.05) is 16.1 Å². The largest absolute Gasteiger partial charge is 0.459 e. The highest BCUT2D eigenvalue weighted by Gasteiger charge is 2.18. The maximum absolute atomic E-state index is 11.7. The molecule has 0 fully saturated rings. The second-order valence-corrected chi connectivity index (χ2v) is 6.44. The van der Waals surface area contributed by atoms with Crippen molar-refractivity contribution in [1.82, 2.24) is 5.32 Å². The fourth-order valence-corrected chi connectivity index (χ4v) is 2.38. The summed E-state index contributed by atoms with van der Waals surface area (Å²) in [5.74, 6) is -0.277. The summed E-state index contributed by atoms with van der Waals surface area (Å²) < 4.78 is 5.26. The maximum atomic E-state index is 11.7. The van der Waals surface area contributed by atoms with Gasteiger partial charge < -0.3 is 4.74 Å². The second-order valence-electron chi connectivity index (χ2n) is 5.59. The van der Waals surface area contributed by atoms with Gasteiger partial charge in [-0.25, -0.2) is 0 Å². The molecule has 20 heavy (non-hydrogen) atoms. The summed E-state index contributed by atoms with van der Waals surface area (Å²) in [6, 6.07) is 5.37. The molecule has 1 unspecified atom stereocenters. The Morgan fingerprint density at radius 1 is 1.35 bits per heavy atom. The van der Waals surface area contributed by atoms with E-state index in [9.17, 15) is 4.79 Å². The molecule has 0 aliphatic heterocycles. The molecule has 0 bridgehead atoms. The number of carbonyl (C=O) groups excluding carboxylic acids is 1. The van der Waals surface area contributed by atoms with E-state index in [2.05, 4.69) is 5.32 Å². The minimum atomic E-state index is -0.474. The first-order valence-corrected chi connectivity index (χ1v) is 7.38. The van der Waals surface area contributed by atoms with Crippen LogP contribution in [0.3, 0.4) is 0 Å². The monoisotopic (exact) mass is 317 g/mol. The predicted molar refractivity (Wildman–Crippen MR) is 83.3 cm³/mol. The molecule has 0 aromatic heterocycles. The summed E-state index contributed by atoms with van der Waals surface area (Å²) in [6.45, 7) is 7.71. The average molecular weight is 318 g/mol. The van der Waals surface area contributed by atoms with Crippen molar-refractivity contribution < 1.29 is 9.53 Å². The zero-order valence-electron chi connectivity index (χ0n) is 12.3. The Morgan fingerprint density at radius 2 is 2.00 bits per heavy atom. The van der Waals surface area contributed by atoms with Crippen LogP contribution in [0.2, 0.25) is 10.0 Å². The minimum absolute atomic E-state index is 0.00714. The first kappa shape index (κ1) is 17.3. The number of benzene rings is 1. The van der Waals surface area contributed by atoms with Crippen molar-refractivity contribution in [3.05, 3.63) is 33.8 Å². The van der Waals surface area contributed by atoms with Crippen LogP contribution in [0.25, 0.3) is 0 Å². The van der Waals surface area contributed by atoms with Gasteiger partial charge in [-0.3, -0.25) is 10.1 Å². The third kappa shape index (κ3) is 5.70. The van der Waals surface area contributed by atoms with Crippen molar-refractivity contribution in [2.24, 2.45) is 0 Å². The van der Waals surface area contributed by atoms with Gasteiger partial charge in [-0.2, -0.15) is 0 Å². The topological polar surface area (TPSA) is 38.3 Å². The highest BCUT2D eigenvalue weighted by Crippen LogP contribution is 2.27. The van der Waals surface area contributed by atoms with Gasteiger partial charge in [0.25, 0.3) is 0 Å². The molecule has 1 N–H and O–H groups in total. The van der Waals surface area contributed by atoms with Gasteiger partial charge in [-0.05, 0) is 44.9 Å². The molecule has 0 saturated heterocycles. The predicted octanol–water partition coefficient (Wildman–Crippen LogP) is 4.38. The minimum Gasteiger partial charge on any atom is -0.459 e. The fourth-order valence-electron chi connectivity index (χ4n) is 1.84. The summed E-state index contributed by atoms with van der Waals surface area (Å²) in [7, 11) is 0. The van der Waals surface area contributed by atoms with Crippen LogP contribution in [-0.2, 0) is 9.53 Å². The van der Waals surface area contributed by atoms with Crippen molar-refractivity contribution >= 4 is 29.2 Å². The Morgan fingerprint density at radius 3 is 2.50 bits per heavy atom. The van der Waals surface area contributed by atoms with Crippen molar-refractivity contribution in [2.75, 3.05) is 6.54 Å². The van der Waals surface area contributed by atoms with Crippen LogP contribution >= 0.6 is 23.2 Å². The number of ether oxygens (including phenoxy) is 1. The third-order valence-corrected chi connectivity index (χ3v) is 3.22. The smallest absolute Gasteiger partial charge is 0.320 e. The maximum Gasteiger partial charge on any atom is 0.320 e. The van der Waals surface area contributed by atoms with Gasteiger partial charge in [0.2, 0.25) is 0 Å². The highest BCUT2D eigenvalue weighted by atomic mass is 35.5. The van der Waals surface area contributed by atoms with E-state index < -0.39 is 5.60 Å². The van der Waals surface area contributed by atoms with Crippen LogP contribution in [0.5, 0.6) is 0 Å². The lowest BCUT2D eigenvalue weighted by Crippen LogP contribution is -2.33. The standard InChI is InChI=1S/C15H21Cl2NO2/c1-5-13(11-7-6-10(16)8-12(11)17)18-9-14(19)20-15(2,3)4/h6-8,13,18H,5,9H2,1-4H3. The molecule has 0 spiro atoms. The Kier molecular flexibility index (Phi) is 6.31. The zero-order valence-corrected chi connectivity index (χ0v) is 13.8. The molecule has 1 atom stereocenters. The van der Waals surface area contributed by atoms with E-state index in [1.165, 1.54) is 0 Å². The van der Waals surface area contributed by atoms with E-state index in [1.807, 2.05) is 33.8 Å². The van der Waals surface area contributed by atoms with E-state index in [-0.39, 0.29) is 18.6 Å². The van der Waals surface area contributed by atoms with Crippen molar-refractivity contribution in [3.63, 3.8) is 0 Å². The van der Waals surface area contributed by atoms with Crippen molar-refractivity contribution in [1.29, 1.82) is 0 Å². The van der Waals surface area contributed by atoms with Crippen LogP contribution in [0.15, 0.2) is 18.2 Å². The van der Waals surface area contributed by atoms with Gasteiger partial charge in [-0.15, -0.1) is 0 Å². The zero-order chi connectivity index (χ0) is 15.3. The molecule has 0 amide bonds. The molecular weight excluding hydrogens is 297 g/mol. The third-order valence-electron chi connectivity index (χ3n) is 2.66. The Bertz CT molecular complexity index is 469. The summed E-state index contributed by atoms with van der Waals surface area (Å²) in [4.78, 5) is 11.7. The van der Waals surface area contributed by atoms with Crippen LogP contribution in [-0.4, -0.2) is 18.1 Å². The molecule has 5 heteroatoms. The first-order chi connectivity index (χ1) is 9.23. The van der Waals surface area contributed by atoms with Gasteiger partial charge >= 0.3 is 5.97 Å². The second kappa shape index (κ2) is 7.30. The molecular formula is C15H21Cl2NO2. The molecule has 1 aromatic rings. The van der Waals surface area contributed by atoms with Gasteiger partial charge in [-0.1, -0.05) is 36.2 Å². The Hall–Kier alpha value is -0.770. The summed E-state index contributed by atoms with van der Waals surface area (Å²) >= 11 is 12.1. The molecule has 0 aliphatic carbocycles. The Labute approximate surface area is 130 Å². The normalized spacial score (nSPS) is 13.1. The lowest BCUT2D eigenvalue weighted by molar-refractivity contribution is -0.153. The lowest BCUT2D eigenvalue weighted by atomic mass is 10.0. The van der Waals surface area contributed by atoms with Gasteiger partial charge in [0.1, 0.15) is 5.60 Å². The molecule has 0 heterocycles. The lowest BCUT2D eigenvalue weighted by Gasteiger charge is -2.22. The van der Waals surface area contributed by atoms with E-state index in [0.717, 1.165) is 12.0 Å². The number of hydrogen-bond donors (Lipinski definition) is 1. The highest BCUT2D eigenvalue weighted by molar-refractivity contribution is 6.35. The Balaban J connectivity index is 2.66. The number of rotatable bonds is 5. The van der Waals surface area contributed by atoms with Crippen LogP contribution in [0.4, 0.5) is 0 Å². The summed E-state index contributed by atoms with van der Waals surface area (Å²) in [6.07, 6.45) is 0.810. The van der Waals surface area contributed by atoms with Crippen LogP contribution in [0, 0.1) is 0 Å². The fraction of sp³-hybridized carbons (Fsp3) is 0.533. The van der Waals surface area contributed by atoms with E-state index >= 15 is 0 Å². The van der Waals surface area contributed by atoms with Gasteiger partial charge in [0.15, 0.2) is 0 Å². The van der Waals surface area contributed by atoms with Crippen LogP contribution < -0.4 is 5.32 Å². The SMILES string of the molecule is CCC(NCC(=O)OC(C)(C)C)c1ccc(Cl)cc1Cl.